The molecule has 112 valence electrons. The van der Waals surface area contributed by atoms with Gasteiger partial charge < -0.3 is 15.1 Å². The fourth-order valence-electron chi connectivity index (χ4n) is 2.67. The highest BCUT2D eigenvalue weighted by Gasteiger charge is 2.26. The predicted molar refractivity (Wildman–Crippen MR) is 83.4 cm³/mol. The molecule has 0 radical (unpaired) electrons. The summed E-state index contributed by atoms with van der Waals surface area (Å²) in [5.74, 6) is 0.188. The van der Waals surface area contributed by atoms with Crippen molar-refractivity contribution < 1.29 is 10.2 Å². The van der Waals surface area contributed by atoms with Gasteiger partial charge in [-0.15, -0.1) is 10.2 Å². The third kappa shape index (κ3) is 3.23. The molecule has 1 atom stereocenters. The maximum atomic E-state index is 9.70. The summed E-state index contributed by atoms with van der Waals surface area (Å²) in [6, 6.07) is 10.1. The first kappa shape index (κ1) is 14.4. The Hall–Kier alpha value is -1.50. The smallest absolute Gasteiger partial charge is 0.208 e. The molecule has 2 N–H and O–H groups in total. The Morgan fingerprint density at radius 1 is 1.19 bits per heavy atom. The quantitative estimate of drug-likeness (QED) is 0.901. The minimum atomic E-state index is -0.596. The van der Waals surface area contributed by atoms with Crippen LogP contribution < -0.4 is 4.90 Å². The number of anilines is 1. The number of aliphatic hydroxyl groups excluding tert-OH is 2. The van der Waals surface area contributed by atoms with Crippen molar-refractivity contribution in [3.05, 3.63) is 30.3 Å². The molecule has 6 heteroatoms. The fraction of sp³-hybridized carbons (Fsp3) is 0.467. The van der Waals surface area contributed by atoms with Crippen LogP contribution in [-0.2, 0) is 0 Å². The van der Waals surface area contributed by atoms with Gasteiger partial charge in [0.05, 0.1) is 12.7 Å². The third-order valence-corrected chi connectivity index (χ3v) is 5.01. The number of hydrogen-bond acceptors (Lipinski definition) is 6. The van der Waals surface area contributed by atoms with E-state index >= 15 is 0 Å². The molecule has 0 saturated carbocycles. The van der Waals surface area contributed by atoms with E-state index in [-0.39, 0.29) is 12.5 Å². The van der Waals surface area contributed by atoms with E-state index in [0.717, 1.165) is 41.6 Å². The van der Waals surface area contributed by atoms with Gasteiger partial charge in [-0.2, -0.15) is 0 Å². The number of benzene rings is 1. The maximum Gasteiger partial charge on any atom is 0.208 e. The minimum Gasteiger partial charge on any atom is -0.394 e. The lowest BCUT2D eigenvalue weighted by Gasteiger charge is -2.33. The van der Waals surface area contributed by atoms with E-state index in [1.165, 1.54) is 0 Å². The highest BCUT2D eigenvalue weighted by Crippen LogP contribution is 2.31. The molecule has 1 aromatic heterocycles. The van der Waals surface area contributed by atoms with E-state index in [2.05, 4.69) is 15.1 Å². The standard InChI is InChI=1S/C15H19N3O2S/c19-10-13(20)11-6-8-18(9-7-11)15-17-16-14(21-15)12-4-2-1-3-5-12/h1-5,11,13,19-20H,6-10H2. The van der Waals surface area contributed by atoms with E-state index < -0.39 is 6.10 Å². The SMILES string of the molecule is OCC(O)C1CCN(c2nnc(-c3ccccc3)s2)CC1. The van der Waals surface area contributed by atoms with E-state index in [1.54, 1.807) is 11.3 Å². The number of rotatable bonds is 4. The van der Waals surface area contributed by atoms with Gasteiger partial charge in [-0.25, -0.2) is 0 Å². The second-order valence-electron chi connectivity index (χ2n) is 5.33. The van der Waals surface area contributed by atoms with E-state index in [0.29, 0.717) is 0 Å². The number of piperidine rings is 1. The summed E-state index contributed by atoms with van der Waals surface area (Å²) in [5, 5.41) is 29.1. The highest BCUT2D eigenvalue weighted by molar-refractivity contribution is 7.18. The summed E-state index contributed by atoms with van der Waals surface area (Å²) < 4.78 is 0. The van der Waals surface area contributed by atoms with Crippen LogP contribution in [0.1, 0.15) is 12.8 Å². The monoisotopic (exact) mass is 305 g/mol. The van der Waals surface area contributed by atoms with Crippen LogP contribution in [0.15, 0.2) is 30.3 Å². The van der Waals surface area contributed by atoms with E-state index in [1.807, 2.05) is 30.3 Å². The normalized spacial score (nSPS) is 17.9. The van der Waals surface area contributed by atoms with Gasteiger partial charge in [0.1, 0.15) is 5.01 Å². The van der Waals surface area contributed by atoms with Crippen molar-refractivity contribution in [2.45, 2.75) is 18.9 Å². The minimum absolute atomic E-state index is 0.151. The maximum absolute atomic E-state index is 9.70. The topological polar surface area (TPSA) is 69.5 Å². The molecule has 2 aromatic rings. The van der Waals surface area contributed by atoms with Crippen LogP contribution in [-0.4, -0.2) is 46.2 Å². The first-order valence-corrected chi connectivity index (χ1v) is 8.02. The lowest BCUT2D eigenvalue weighted by Crippen LogP contribution is -2.38. The summed E-state index contributed by atoms with van der Waals surface area (Å²) in [6.07, 6.45) is 1.16. The average Bonchev–Trinajstić information content (AvgIpc) is 3.05. The fourth-order valence-corrected chi connectivity index (χ4v) is 3.57. The molecule has 21 heavy (non-hydrogen) atoms. The molecule has 1 aliphatic rings. The van der Waals surface area contributed by atoms with Gasteiger partial charge in [-0.1, -0.05) is 41.7 Å². The van der Waals surface area contributed by atoms with Crippen LogP contribution in [0.4, 0.5) is 5.13 Å². The molecular weight excluding hydrogens is 286 g/mol. The average molecular weight is 305 g/mol. The Morgan fingerprint density at radius 2 is 1.90 bits per heavy atom. The molecule has 0 amide bonds. The summed E-state index contributed by atoms with van der Waals surface area (Å²) in [4.78, 5) is 2.21. The first-order valence-electron chi connectivity index (χ1n) is 7.20. The van der Waals surface area contributed by atoms with Gasteiger partial charge in [-0.05, 0) is 18.8 Å². The Balaban J connectivity index is 1.66. The van der Waals surface area contributed by atoms with E-state index in [9.17, 15) is 5.11 Å². The zero-order valence-electron chi connectivity index (χ0n) is 11.7. The van der Waals surface area contributed by atoms with Crippen LogP contribution in [0.5, 0.6) is 0 Å². The number of hydrogen-bond donors (Lipinski definition) is 2. The molecule has 1 saturated heterocycles. The van der Waals surface area contributed by atoms with Crippen LogP contribution in [0.3, 0.4) is 0 Å². The molecule has 1 aromatic carbocycles. The molecule has 1 aliphatic heterocycles. The Kier molecular flexibility index (Phi) is 4.48. The molecule has 2 heterocycles. The van der Waals surface area contributed by atoms with Crippen molar-refractivity contribution >= 4 is 16.5 Å². The van der Waals surface area contributed by atoms with Gasteiger partial charge in [-0.3, -0.25) is 0 Å². The molecule has 1 unspecified atom stereocenters. The second kappa shape index (κ2) is 6.51. The van der Waals surface area contributed by atoms with Gasteiger partial charge >= 0.3 is 0 Å². The Labute approximate surface area is 127 Å². The molecular formula is C15H19N3O2S. The summed E-state index contributed by atoms with van der Waals surface area (Å²) in [6.45, 7) is 1.55. The van der Waals surface area contributed by atoms with Crippen molar-refractivity contribution in [1.29, 1.82) is 0 Å². The van der Waals surface area contributed by atoms with Crippen LogP contribution >= 0.6 is 11.3 Å². The summed E-state index contributed by atoms with van der Waals surface area (Å²) in [5.41, 5.74) is 1.09. The Bertz CT molecular complexity index is 567. The zero-order chi connectivity index (χ0) is 14.7. The zero-order valence-corrected chi connectivity index (χ0v) is 12.5. The van der Waals surface area contributed by atoms with Crippen molar-refractivity contribution in [3.8, 4) is 10.6 Å². The second-order valence-corrected chi connectivity index (χ2v) is 6.29. The lowest BCUT2D eigenvalue weighted by molar-refractivity contribution is 0.0376. The van der Waals surface area contributed by atoms with Crippen LogP contribution in [0, 0.1) is 5.92 Å². The van der Waals surface area contributed by atoms with Gasteiger partial charge in [0.2, 0.25) is 5.13 Å². The largest absolute Gasteiger partial charge is 0.394 e. The van der Waals surface area contributed by atoms with Crippen molar-refractivity contribution in [3.63, 3.8) is 0 Å². The van der Waals surface area contributed by atoms with Gasteiger partial charge in [0.15, 0.2) is 0 Å². The number of aromatic nitrogens is 2. The summed E-state index contributed by atoms with van der Waals surface area (Å²) in [7, 11) is 0. The first-order chi connectivity index (χ1) is 10.3. The van der Waals surface area contributed by atoms with Crippen LogP contribution in [0.2, 0.25) is 0 Å². The van der Waals surface area contributed by atoms with E-state index in [4.69, 9.17) is 5.11 Å². The third-order valence-electron chi connectivity index (χ3n) is 3.98. The molecule has 0 bridgehead atoms. The van der Waals surface area contributed by atoms with Crippen LogP contribution in [0.25, 0.3) is 10.6 Å². The van der Waals surface area contributed by atoms with Crippen molar-refractivity contribution in [2.24, 2.45) is 5.92 Å². The predicted octanol–water partition coefficient (Wildman–Crippen LogP) is 1.77. The lowest BCUT2D eigenvalue weighted by atomic mass is 9.92. The van der Waals surface area contributed by atoms with Gasteiger partial charge in [0, 0.05) is 18.7 Å². The van der Waals surface area contributed by atoms with Crippen molar-refractivity contribution in [2.75, 3.05) is 24.6 Å². The van der Waals surface area contributed by atoms with Crippen molar-refractivity contribution in [1.82, 2.24) is 10.2 Å². The van der Waals surface area contributed by atoms with Gasteiger partial charge in [0.25, 0.3) is 0 Å². The summed E-state index contributed by atoms with van der Waals surface area (Å²) >= 11 is 1.60. The molecule has 0 aliphatic carbocycles. The molecule has 1 fully saturated rings. The Morgan fingerprint density at radius 3 is 2.57 bits per heavy atom. The molecule has 5 nitrogen and oxygen atoms in total. The number of aliphatic hydroxyl groups is 2. The molecule has 0 spiro atoms. The highest BCUT2D eigenvalue weighted by atomic mass is 32.1. The number of nitrogens with zero attached hydrogens (tertiary/aromatic N) is 3. The molecule has 3 rings (SSSR count).